The second kappa shape index (κ2) is 6.94. The number of hydrogen-bond donors (Lipinski definition) is 0. The number of carbonyl (C=O) groups excluding carboxylic acids is 1. The summed E-state index contributed by atoms with van der Waals surface area (Å²) in [6, 6.07) is 7.11. The lowest BCUT2D eigenvalue weighted by atomic mass is 10.1. The Hall–Kier alpha value is -1.51. The fraction of sp³-hybridized carbons (Fsp3) is 0.500. The third-order valence-corrected chi connectivity index (χ3v) is 2.40. The van der Waals surface area contributed by atoms with Gasteiger partial charge in [-0.3, -0.25) is 4.79 Å². The van der Waals surface area contributed by atoms with Crippen molar-refractivity contribution in [3.63, 3.8) is 0 Å². The van der Waals surface area contributed by atoms with Gasteiger partial charge in [0.05, 0.1) is 6.61 Å². The van der Waals surface area contributed by atoms with E-state index >= 15 is 0 Å². The Morgan fingerprint density at radius 3 is 2.35 bits per heavy atom. The van der Waals surface area contributed by atoms with Crippen LogP contribution in [0, 0.1) is 5.92 Å². The van der Waals surface area contributed by atoms with Crippen molar-refractivity contribution in [2.24, 2.45) is 5.92 Å². The summed E-state index contributed by atoms with van der Waals surface area (Å²) < 4.78 is 10.6. The fourth-order valence-electron chi connectivity index (χ4n) is 1.58. The highest BCUT2D eigenvalue weighted by molar-refractivity contribution is 5.69. The van der Waals surface area contributed by atoms with Crippen LogP contribution in [0.25, 0.3) is 0 Å². The van der Waals surface area contributed by atoms with Gasteiger partial charge < -0.3 is 9.47 Å². The Labute approximate surface area is 103 Å². The Kier molecular flexibility index (Phi) is 5.53. The summed E-state index contributed by atoms with van der Waals surface area (Å²) in [6.07, 6.45) is 2.35. The number of benzene rings is 1. The van der Waals surface area contributed by atoms with Gasteiger partial charge in [-0.15, -0.1) is 0 Å². The molecule has 1 unspecified atom stereocenters. The highest BCUT2D eigenvalue weighted by atomic mass is 16.5. The average Bonchev–Trinajstić information content (AvgIpc) is 2.28. The van der Waals surface area contributed by atoms with Crippen LogP contribution < -0.4 is 9.47 Å². The van der Waals surface area contributed by atoms with E-state index in [2.05, 4.69) is 13.8 Å². The standard InChI is InChI=1S/C14H20O3/c1-4-5-11(2)10-16-13-6-8-14(9-7-13)17-12(3)15/h6-9,11H,4-5,10H2,1-3H3. The molecule has 1 aromatic rings. The van der Waals surface area contributed by atoms with E-state index in [0.717, 1.165) is 12.4 Å². The van der Waals surface area contributed by atoms with Crippen LogP contribution in [0.2, 0.25) is 0 Å². The van der Waals surface area contributed by atoms with Gasteiger partial charge in [0.15, 0.2) is 0 Å². The molecule has 1 atom stereocenters. The lowest BCUT2D eigenvalue weighted by Gasteiger charge is -2.12. The van der Waals surface area contributed by atoms with E-state index in [1.54, 1.807) is 12.1 Å². The van der Waals surface area contributed by atoms with Crippen molar-refractivity contribution in [3.05, 3.63) is 24.3 Å². The van der Waals surface area contributed by atoms with E-state index in [0.29, 0.717) is 11.7 Å². The van der Waals surface area contributed by atoms with Gasteiger partial charge in [0, 0.05) is 6.92 Å². The molecule has 0 aromatic heterocycles. The molecule has 94 valence electrons. The van der Waals surface area contributed by atoms with Crippen molar-refractivity contribution in [2.45, 2.75) is 33.6 Å². The summed E-state index contributed by atoms with van der Waals surface area (Å²) in [5.74, 6) is 1.61. The number of ether oxygens (including phenoxy) is 2. The summed E-state index contributed by atoms with van der Waals surface area (Å²) in [6.45, 7) is 6.46. The third-order valence-electron chi connectivity index (χ3n) is 2.40. The van der Waals surface area contributed by atoms with E-state index in [9.17, 15) is 4.79 Å². The van der Waals surface area contributed by atoms with Crippen molar-refractivity contribution in [2.75, 3.05) is 6.61 Å². The quantitative estimate of drug-likeness (QED) is 0.560. The zero-order valence-electron chi connectivity index (χ0n) is 10.7. The molecule has 0 fully saturated rings. The summed E-state index contributed by atoms with van der Waals surface area (Å²) >= 11 is 0. The van der Waals surface area contributed by atoms with Crippen LogP contribution in [0.4, 0.5) is 0 Å². The maximum absolute atomic E-state index is 10.7. The summed E-state index contributed by atoms with van der Waals surface area (Å²) in [5.41, 5.74) is 0. The lowest BCUT2D eigenvalue weighted by Crippen LogP contribution is -2.08. The SMILES string of the molecule is CCCC(C)COc1ccc(OC(C)=O)cc1. The molecule has 3 nitrogen and oxygen atoms in total. The second-order valence-electron chi connectivity index (χ2n) is 4.27. The van der Waals surface area contributed by atoms with Crippen molar-refractivity contribution in [3.8, 4) is 11.5 Å². The minimum absolute atomic E-state index is 0.310. The molecule has 0 heterocycles. The van der Waals surface area contributed by atoms with E-state index in [1.165, 1.54) is 19.8 Å². The van der Waals surface area contributed by atoms with E-state index in [4.69, 9.17) is 9.47 Å². The lowest BCUT2D eigenvalue weighted by molar-refractivity contribution is -0.131. The number of esters is 1. The summed E-state index contributed by atoms with van der Waals surface area (Å²) in [4.78, 5) is 10.7. The van der Waals surface area contributed by atoms with Gasteiger partial charge in [0.2, 0.25) is 0 Å². The first kappa shape index (κ1) is 13.6. The predicted molar refractivity (Wildman–Crippen MR) is 67.3 cm³/mol. The van der Waals surface area contributed by atoms with Crippen molar-refractivity contribution >= 4 is 5.97 Å². The first-order valence-corrected chi connectivity index (χ1v) is 6.03. The van der Waals surface area contributed by atoms with Crippen LogP contribution >= 0.6 is 0 Å². The molecule has 0 aliphatic rings. The third kappa shape index (κ3) is 5.38. The maximum Gasteiger partial charge on any atom is 0.308 e. The minimum atomic E-state index is -0.310. The van der Waals surface area contributed by atoms with Gasteiger partial charge in [0.25, 0.3) is 0 Å². The highest BCUT2D eigenvalue weighted by Crippen LogP contribution is 2.18. The van der Waals surface area contributed by atoms with Crippen molar-refractivity contribution < 1.29 is 14.3 Å². The molecule has 0 spiro atoms. The van der Waals surface area contributed by atoms with Crippen LogP contribution in [0.5, 0.6) is 11.5 Å². The second-order valence-corrected chi connectivity index (χ2v) is 4.27. The Morgan fingerprint density at radius 2 is 1.82 bits per heavy atom. The Balaban J connectivity index is 2.42. The highest BCUT2D eigenvalue weighted by Gasteiger charge is 2.03. The van der Waals surface area contributed by atoms with E-state index in [1.807, 2.05) is 12.1 Å². The summed E-state index contributed by atoms with van der Waals surface area (Å²) in [7, 11) is 0. The molecule has 0 saturated carbocycles. The molecule has 0 amide bonds. The molecule has 0 bridgehead atoms. The smallest absolute Gasteiger partial charge is 0.308 e. The van der Waals surface area contributed by atoms with Crippen LogP contribution in [-0.4, -0.2) is 12.6 Å². The zero-order valence-corrected chi connectivity index (χ0v) is 10.7. The molecule has 0 radical (unpaired) electrons. The molecule has 3 heteroatoms. The van der Waals surface area contributed by atoms with Crippen LogP contribution in [-0.2, 0) is 4.79 Å². The fourth-order valence-corrected chi connectivity index (χ4v) is 1.58. The van der Waals surface area contributed by atoms with Gasteiger partial charge in [-0.05, 0) is 36.6 Å². The number of rotatable bonds is 6. The van der Waals surface area contributed by atoms with E-state index < -0.39 is 0 Å². The number of hydrogen-bond acceptors (Lipinski definition) is 3. The largest absolute Gasteiger partial charge is 0.493 e. The Bertz CT molecular complexity index is 343. The van der Waals surface area contributed by atoms with Gasteiger partial charge in [0.1, 0.15) is 11.5 Å². The molecular formula is C14H20O3. The summed E-state index contributed by atoms with van der Waals surface area (Å²) in [5, 5.41) is 0. The van der Waals surface area contributed by atoms with Gasteiger partial charge in [-0.2, -0.15) is 0 Å². The first-order valence-electron chi connectivity index (χ1n) is 6.03. The van der Waals surface area contributed by atoms with Gasteiger partial charge >= 0.3 is 5.97 Å². The maximum atomic E-state index is 10.7. The molecular weight excluding hydrogens is 216 g/mol. The van der Waals surface area contributed by atoms with Crippen molar-refractivity contribution in [1.29, 1.82) is 0 Å². The van der Waals surface area contributed by atoms with Crippen LogP contribution in [0.1, 0.15) is 33.6 Å². The van der Waals surface area contributed by atoms with E-state index in [-0.39, 0.29) is 5.97 Å². The molecule has 0 aliphatic carbocycles. The monoisotopic (exact) mass is 236 g/mol. The molecule has 0 saturated heterocycles. The molecule has 0 aliphatic heterocycles. The van der Waals surface area contributed by atoms with Crippen LogP contribution in [0.3, 0.4) is 0 Å². The van der Waals surface area contributed by atoms with Crippen LogP contribution in [0.15, 0.2) is 24.3 Å². The average molecular weight is 236 g/mol. The minimum Gasteiger partial charge on any atom is -0.493 e. The molecule has 17 heavy (non-hydrogen) atoms. The Morgan fingerprint density at radius 1 is 1.24 bits per heavy atom. The molecule has 0 N–H and O–H groups in total. The first-order chi connectivity index (χ1) is 8.11. The predicted octanol–water partition coefficient (Wildman–Crippen LogP) is 3.43. The zero-order chi connectivity index (χ0) is 12.7. The molecule has 1 rings (SSSR count). The normalized spacial score (nSPS) is 11.9. The topological polar surface area (TPSA) is 35.5 Å². The number of carbonyl (C=O) groups is 1. The van der Waals surface area contributed by atoms with Gasteiger partial charge in [-0.1, -0.05) is 20.3 Å². The van der Waals surface area contributed by atoms with Crippen molar-refractivity contribution in [1.82, 2.24) is 0 Å². The van der Waals surface area contributed by atoms with Gasteiger partial charge in [-0.25, -0.2) is 0 Å². The molecule has 1 aromatic carbocycles.